The number of nitrogens with one attached hydrogen (secondary N) is 2. The van der Waals surface area contributed by atoms with Gasteiger partial charge in [-0.05, 0) is 42.0 Å². The second-order valence-corrected chi connectivity index (χ2v) is 7.25. The van der Waals surface area contributed by atoms with E-state index in [1.54, 1.807) is 25.3 Å². The van der Waals surface area contributed by atoms with Gasteiger partial charge in [0.15, 0.2) is 0 Å². The van der Waals surface area contributed by atoms with Gasteiger partial charge in [-0.25, -0.2) is 18.1 Å². The Kier molecular flexibility index (Phi) is 4.82. The highest BCUT2D eigenvalue weighted by molar-refractivity contribution is 7.89. The molecule has 0 aliphatic carbocycles. The summed E-state index contributed by atoms with van der Waals surface area (Å²) < 4.78 is 29.2. The first kappa shape index (κ1) is 17.1. The number of fused-ring (bicyclic) bond motifs is 1. The number of pyridine rings is 1. The molecule has 3 aromatic rings. The Morgan fingerprint density at radius 2 is 1.92 bits per heavy atom. The summed E-state index contributed by atoms with van der Waals surface area (Å²) in [6.45, 7) is 1.92. The Morgan fingerprint density at radius 3 is 2.64 bits per heavy atom. The highest BCUT2D eigenvalue weighted by Gasteiger charge is 2.14. The van der Waals surface area contributed by atoms with Gasteiger partial charge in [-0.2, -0.15) is 0 Å². The number of sulfonamides is 1. The Balaban J connectivity index is 1.69. The number of anilines is 1. The fourth-order valence-electron chi connectivity index (χ4n) is 2.29. The monoisotopic (exact) mass is 358 g/mol. The van der Waals surface area contributed by atoms with E-state index in [1.165, 1.54) is 12.1 Å². The van der Waals surface area contributed by atoms with Crippen molar-refractivity contribution in [3.8, 4) is 0 Å². The van der Waals surface area contributed by atoms with Crippen LogP contribution in [0.25, 0.3) is 5.65 Å². The number of hydrogen-bond donors (Lipinski definition) is 2. The summed E-state index contributed by atoms with van der Waals surface area (Å²) >= 11 is 0. The molecule has 130 valence electrons. The summed E-state index contributed by atoms with van der Waals surface area (Å²) in [4.78, 5) is 15.7. The number of carbonyl (C=O) groups excluding carboxylic acids is 1. The van der Waals surface area contributed by atoms with E-state index >= 15 is 0 Å². The number of imidazole rings is 1. The van der Waals surface area contributed by atoms with E-state index < -0.39 is 10.0 Å². The Morgan fingerprint density at radius 1 is 1.16 bits per heavy atom. The molecule has 0 unspecified atom stereocenters. The number of hydrogen-bond acceptors (Lipinski definition) is 4. The maximum absolute atomic E-state index is 12.4. The van der Waals surface area contributed by atoms with Crippen LogP contribution in [0.5, 0.6) is 0 Å². The van der Waals surface area contributed by atoms with Gasteiger partial charge in [-0.15, -0.1) is 0 Å². The van der Waals surface area contributed by atoms with Crippen molar-refractivity contribution in [2.24, 2.45) is 0 Å². The van der Waals surface area contributed by atoms with Crippen LogP contribution in [0.1, 0.15) is 18.9 Å². The Hall–Kier alpha value is -2.71. The number of amides is 1. The third kappa shape index (κ3) is 4.04. The van der Waals surface area contributed by atoms with Crippen molar-refractivity contribution in [3.05, 3.63) is 60.6 Å². The molecule has 2 N–H and O–H groups in total. The molecule has 1 aromatic carbocycles. The first-order valence-corrected chi connectivity index (χ1v) is 9.27. The molecule has 25 heavy (non-hydrogen) atoms. The van der Waals surface area contributed by atoms with E-state index in [4.69, 9.17) is 0 Å². The molecule has 2 heterocycles. The number of nitrogens with zero attached hydrogens (tertiary/aromatic N) is 2. The highest BCUT2D eigenvalue weighted by atomic mass is 32.2. The molecule has 7 nitrogen and oxygen atoms in total. The molecule has 0 bridgehead atoms. The molecular formula is C17H18N4O3S. The van der Waals surface area contributed by atoms with Crippen LogP contribution in [0.4, 0.5) is 5.69 Å². The van der Waals surface area contributed by atoms with Crippen molar-refractivity contribution in [1.29, 1.82) is 0 Å². The van der Waals surface area contributed by atoms with Crippen molar-refractivity contribution >= 4 is 27.3 Å². The molecule has 0 aliphatic rings. The maximum Gasteiger partial charge on any atom is 0.240 e. The van der Waals surface area contributed by atoms with Gasteiger partial charge in [-0.3, -0.25) is 4.79 Å². The minimum atomic E-state index is -3.64. The molecule has 0 fully saturated rings. The van der Waals surface area contributed by atoms with E-state index in [9.17, 15) is 13.2 Å². The van der Waals surface area contributed by atoms with Crippen LogP contribution < -0.4 is 10.0 Å². The van der Waals surface area contributed by atoms with Gasteiger partial charge in [-0.1, -0.05) is 6.92 Å². The zero-order chi connectivity index (χ0) is 17.9. The maximum atomic E-state index is 12.4. The van der Waals surface area contributed by atoms with Crippen molar-refractivity contribution in [2.45, 2.75) is 24.8 Å². The molecule has 0 saturated heterocycles. The Labute approximate surface area is 145 Å². The molecule has 0 aliphatic heterocycles. The van der Waals surface area contributed by atoms with Crippen molar-refractivity contribution in [2.75, 3.05) is 5.32 Å². The molecule has 1 amide bonds. The zero-order valence-electron chi connectivity index (χ0n) is 13.6. The topological polar surface area (TPSA) is 92.6 Å². The Bertz CT molecular complexity index is 994. The smallest absolute Gasteiger partial charge is 0.240 e. The van der Waals surface area contributed by atoms with E-state index in [1.807, 2.05) is 28.9 Å². The van der Waals surface area contributed by atoms with E-state index in [2.05, 4.69) is 15.0 Å². The van der Waals surface area contributed by atoms with Gasteiger partial charge >= 0.3 is 0 Å². The number of aromatic nitrogens is 2. The molecule has 2 aromatic heterocycles. The summed E-state index contributed by atoms with van der Waals surface area (Å²) in [6, 6.07) is 9.72. The standard InChI is InChI=1S/C17H18N4O3S/c1-2-17(22)20-14-3-5-15(6-4-14)25(23,24)19-12-13-7-9-21-10-8-18-16(21)11-13/h3-11,19H,2,12H2,1H3,(H,20,22). The van der Waals surface area contributed by atoms with Gasteiger partial charge in [0.1, 0.15) is 5.65 Å². The van der Waals surface area contributed by atoms with Crippen molar-refractivity contribution < 1.29 is 13.2 Å². The van der Waals surface area contributed by atoms with E-state index in [0.29, 0.717) is 12.1 Å². The lowest BCUT2D eigenvalue weighted by molar-refractivity contribution is -0.115. The van der Waals surface area contributed by atoms with Gasteiger partial charge < -0.3 is 9.72 Å². The van der Waals surface area contributed by atoms with Crippen LogP contribution in [-0.4, -0.2) is 23.7 Å². The SMILES string of the molecule is CCC(=O)Nc1ccc(S(=O)(=O)NCc2ccn3ccnc3c2)cc1. The summed E-state index contributed by atoms with van der Waals surface area (Å²) in [5.41, 5.74) is 2.14. The normalized spacial score (nSPS) is 11.6. The summed E-state index contributed by atoms with van der Waals surface area (Å²) in [5, 5.41) is 2.68. The summed E-state index contributed by atoms with van der Waals surface area (Å²) in [5.74, 6) is -0.122. The lowest BCUT2D eigenvalue weighted by atomic mass is 10.3. The predicted molar refractivity (Wildman–Crippen MR) is 94.6 cm³/mol. The van der Waals surface area contributed by atoms with E-state index in [0.717, 1.165) is 11.2 Å². The van der Waals surface area contributed by atoms with Crippen LogP contribution in [0.2, 0.25) is 0 Å². The molecule has 8 heteroatoms. The first-order valence-electron chi connectivity index (χ1n) is 7.79. The summed E-state index contributed by atoms with van der Waals surface area (Å²) in [7, 11) is -3.64. The van der Waals surface area contributed by atoms with Gasteiger partial charge in [0.2, 0.25) is 15.9 Å². The fraction of sp³-hybridized carbons (Fsp3) is 0.176. The van der Waals surface area contributed by atoms with Gasteiger partial charge in [0, 0.05) is 37.2 Å². The molecule has 0 atom stereocenters. The number of rotatable bonds is 6. The molecule has 0 saturated carbocycles. The fourth-order valence-corrected chi connectivity index (χ4v) is 3.31. The van der Waals surface area contributed by atoms with Gasteiger partial charge in [0.25, 0.3) is 0 Å². The van der Waals surface area contributed by atoms with E-state index in [-0.39, 0.29) is 17.3 Å². The average molecular weight is 358 g/mol. The third-order valence-corrected chi connectivity index (χ3v) is 5.12. The molecule has 0 radical (unpaired) electrons. The van der Waals surface area contributed by atoms with Crippen molar-refractivity contribution in [3.63, 3.8) is 0 Å². The molecular weight excluding hydrogens is 340 g/mol. The van der Waals surface area contributed by atoms with Crippen LogP contribution in [0, 0.1) is 0 Å². The second kappa shape index (κ2) is 7.04. The van der Waals surface area contributed by atoms with Crippen molar-refractivity contribution in [1.82, 2.24) is 14.1 Å². The quantitative estimate of drug-likeness (QED) is 0.706. The van der Waals surface area contributed by atoms with Crippen LogP contribution in [0.3, 0.4) is 0 Å². The van der Waals surface area contributed by atoms with Gasteiger partial charge in [0.05, 0.1) is 4.90 Å². The summed E-state index contributed by atoms with van der Waals surface area (Å²) in [6.07, 6.45) is 5.70. The minimum Gasteiger partial charge on any atom is -0.326 e. The minimum absolute atomic E-state index is 0.122. The third-order valence-electron chi connectivity index (χ3n) is 3.70. The highest BCUT2D eigenvalue weighted by Crippen LogP contribution is 2.15. The zero-order valence-corrected chi connectivity index (χ0v) is 14.5. The largest absolute Gasteiger partial charge is 0.326 e. The van der Waals surface area contributed by atoms with Crippen LogP contribution in [-0.2, 0) is 21.4 Å². The molecule has 3 rings (SSSR count). The van der Waals surface area contributed by atoms with Crippen LogP contribution in [0.15, 0.2) is 59.9 Å². The van der Waals surface area contributed by atoms with Crippen LogP contribution >= 0.6 is 0 Å². The molecule has 0 spiro atoms. The second-order valence-electron chi connectivity index (χ2n) is 5.48. The number of benzene rings is 1. The lowest BCUT2D eigenvalue weighted by Gasteiger charge is -2.09. The predicted octanol–water partition coefficient (Wildman–Crippen LogP) is 2.16. The first-order chi connectivity index (χ1) is 12.0. The average Bonchev–Trinajstić information content (AvgIpc) is 3.08. The lowest BCUT2D eigenvalue weighted by Crippen LogP contribution is -2.23. The number of carbonyl (C=O) groups is 1.